The predicted octanol–water partition coefficient (Wildman–Crippen LogP) is 2.92. The van der Waals surface area contributed by atoms with E-state index < -0.39 is 0 Å². The molecule has 1 aliphatic carbocycles. The second kappa shape index (κ2) is 4.20. The van der Waals surface area contributed by atoms with Gasteiger partial charge in [-0.2, -0.15) is 0 Å². The van der Waals surface area contributed by atoms with E-state index in [9.17, 15) is 0 Å². The van der Waals surface area contributed by atoms with E-state index >= 15 is 0 Å². The lowest BCUT2D eigenvalue weighted by atomic mass is 10.1. The number of nitrogens with zero attached hydrogens (tertiary/aromatic N) is 3. The highest BCUT2D eigenvalue weighted by molar-refractivity contribution is 7.71. The van der Waals surface area contributed by atoms with Crippen molar-refractivity contribution in [3.63, 3.8) is 0 Å². The first-order chi connectivity index (χ1) is 9.33. The van der Waals surface area contributed by atoms with Crippen molar-refractivity contribution in [1.82, 2.24) is 14.8 Å². The summed E-state index contributed by atoms with van der Waals surface area (Å²) in [6.07, 6.45) is 3.98. The average Bonchev–Trinajstić information content (AvgIpc) is 3.14. The highest BCUT2D eigenvalue weighted by atomic mass is 32.1. The van der Waals surface area contributed by atoms with Crippen LogP contribution >= 0.6 is 12.2 Å². The Morgan fingerprint density at radius 2 is 2.05 bits per heavy atom. The molecule has 4 rings (SSSR count). The van der Waals surface area contributed by atoms with Gasteiger partial charge in [-0.05, 0) is 49.5 Å². The number of benzene rings is 1. The number of piperidine rings is 1. The summed E-state index contributed by atoms with van der Waals surface area (Å²) < 4.78 is 2.72. The third-order valence-corrected chi connectivity index (χ3v) is 4.61. The molecular formula is C14H16N4S. The monoisotopic (exact) mass is 272 g/mol. The highest BCUT2D eigenvalue weighted by Gasteiger charge is 2.39. The summed E-state index contributed by atoms with van der Waals surface area (Å²) in [6.45, 7) is 1.12. The molecule has 19 heavy (non-hydrogen) atoms. The zero-order chi connectivity index (χ0) is 12.8. The van der Waals surface area contributed by atoms with Crippen LogP contribution in [0.2, 0.25) is 0 Å². The van der Waals surface area contributed by atoms with Crippen LogP contribution in [0.5, 0.6) is 0 Å². The SMILES string of the molecule is S=c1[nH]nc(N2CC3CCC2C3)n1-c1ccccc1. The van der Waals surface area contributed by atoms with Gasteiger partial charge in [0, 0.05) is 12.6 Å². The number of fused-ring (bicyclic) bond motifs is 2. The second-order valence-electron chi connectivity index (χ2n) is 5.48. The quantitative estimate of drug-likeness (QED) is 0.854. The number of hydrogen-bond acceptors (Lipinski definition) is 3. The molecule has 98 valence electrons. The van der Waals surface area contributed by atoms with Gasteiger partial charge in [0.2, 0.25) is 10.7 Å². The van der Waals surface area contributed by atoms with Gasteiger partial charge in [0.15, 0.2) is 0 Å². The van der Waals surface area contributed by atoms with Gasteiger partial charge in [0.05, 0.1) is 5.69 Å². The largest absolute Gasteiger partial charge is 0.337 e. The van der Waals surface area contributed by atoms with Crippen molar-refractivity contribution in [1.29, 1.82) is 0 Å². The summed E-state index contributed by atoms with van der Waals surface area (Å²) in [5, 5.41) is 7.41. The van der Waals surface area contributed by atoms with E-state index in [0.29, 0.717) is 10.8 Å². The van der Waals surface area contributed by atoms with Crippen LogP contribution in [-0.4, -0.2) is 27.4 Å². The predicted molar refractivity (Wildman–Crippen MR) is 77.2 cm³/mol. The van der Waals surface area contributed by atoms with Gasteiger partial charge >= 0.3 is 0 Å². The minimum atomic E-state index is 0.651. The number of rotatable bonds is 2. The molecular weight excluding hydrogens is 256 g/mol. The van der Waals surface area contributed by atoms with E-state index in [-0.39, 0.29) is 0 Å². The molecule has 0 amide bonds. The van der Waals surface area contributed by atoms with Crippen LogP contribution in [0.25, 0.3) is 5.69 Å². The maximum absolute atomic E-state index is 5.39. The van der Waals surface area contributed by atoms with Crippen LogP contribution in [0.4, 0.5) is 5.95 Å². The Morgan fingerprint density at radius 3 is 2.74 bits per heavy atom. The van der Waals surface area contributed by atoms with Crippen molar-refractivity contribution >= 4 is 18.2 Å². The molecule has 1 aromatic heterocycles. The molecule has 0 radical (unpaired) electrons. The Bertz CT molecular complexity index is 645. The normalized spacial score (nSPS) is 25.2. The Morgan fingerprint density at radius 1 is 1.21 bits per heavy atom. The number of H-pyrrole nitrogens is 1. The molecule has 2 bridgehead atoms. The number of anilines is 1. The third-order valence-electron chi connectivity index (χ3n) is 4.34. The molecule has 1 saturated carbocycles. The van der Waals surface area contributed by atoms with Gasteiger partial charge in [-0.3, -0.25) is 4.57 Å². The average molecular weight is 272 g/mol. The molecule has 4 nitrogen and oxygen atoms in total. The fourth-order valence-corrected chi connectivity index (χ4v) is 3.69. The Kier molecular flexibility index (Phi) is 2.48. The molecule has 2 unspecified atom stereocenters. The zero-order valence-electron chi connectivity index (χ0n) is 10.6. The van der Waals surface area contributed by atoms with Crippen molar-refractivity contribution in [2.45, 2.75) is 25.3 Å². The maximum atomic E-state index is 5.39. The van der Waals surface area contributed by atoms with Gasteiger partial charge in [-0.15, -0.1) is 5.10 Å². The van der Waals surface area contributed by atoms with Crippen molar-refractivity contribution in [3.8, 4) is 5.69 Å². The van der Waals surface area contributed by atoms with Crippen LogP contribution in [0, 0.1) is 10.7 Å². The van der Waals surface area contributed by atoms with Crippen molar-refractivity contribution in [2.75, 3.05) is 11.4 Å². The number of para-hydroxylation sites is 1. The van der Waals surface area contributed by atoms with Crippen molar-refractivity contribution in [3.05, 3.63) is 35.1 Å². The van der Waals surface area contributed by atoms with E-state index in [1.165, 1.54) is 19.3 Å². The first kappa shape index (κ1) is 11.2. The van der Waals surface area contributed by atoms with E-state index in [1.54, 1.807) is 0 Å². The summed E-state index contributed by atoms with van der Waals surface area (Å²) in [6, 6.07) is 10.9. The minimum Gasteiger partial charge on any atom is -0.337 e. The molecule has 2 fully saturated rings. The molecule has 2 heterocycles. The lowest BCUT2D eigenvalue weighted by Crippen LogP contribution is -2.34. The zero-order valence-corrected chi connectivity index (χ0v) is 11.4. The molecule has 5 heteroatoms. The number of hydrogen-bond donors (Lipinski definition) is 1. The van der Waals surface area contributed by atoms with Crippen LogP contribution in [0.15, 0.2) is 30.3 Å². The lowest BCUT2D eigenvalue weighted by Gasteiger charge is -2.27. The van der Waals surface area contributed by atoms with Gasteiger partial charge < -0.3 is 4.90 Å². The molecule has 1 aromatic carbocycles. The van der Waals surface area contributed by atoms with E-state index in [1.807, 2.05) is 18.2 Å². The van der Waals surface area contributed by atoms with Crippen LogP contribution in [0.1, 0.15) is 19.3 Å². The highest BCUT2D eigenvalue weighted by Crippen LogP contribution is 2.39. The number of nitrogens with one attached hydrogen (secondary N) is 1. The molecule has 2 aliphatic rings. The first-order valence-electron chi connectivity index (χ1n) is 6.82. The Hall–Kier alpha value is -1.62. The molecule has 2 aromatic rings. The van der Waals surface area contributed by atoms with E-state index in [0.717, 1.165) is 24.1 Å². The van der Waals surface area contributed by atoms with Gasteiger partial charge in [-0.1, -0.05) is 18.2 Å². The molecule has 1 saturated heterocycles. The van der Waals surface area contributed by atoms with Crippen molar-refractivity contribution < 1.29 is 0 Å². The Balaban J connectivity index is 1.80. The standard InChI is InChI=1S/C14H16N4S/c19-14-16-15-13(17-9-10-6-7-12(17)8-10)18(14)11-4-2-1-3-5-11/h1-5,10,12H,6-9H2,(H,16,19). The summed E-state index contributed by atoms with van der Waals surface area (Å²) in [5.74, 6) is 1.82. The van der Waals surface area contributed by atoms with Crippen LogP contribution < -0.4 is 4.90 Å². The fraction of sp³-hybridized carbons (Fsp3) is 0.429. The minimum absolute atomic E-state index is 0.651. The maximum Gasteiger partial charge on any atom is 0.230 e. The summed E-state index contributed by atoms with van der Waals surface area (Å²) in [5.41, 5.74) is 1.08. The number of aromatic amines is 1. The van der Waals surface area contributed by atoms with Gasteiger partial charge in [0.1, 0.15) is 0 Å². The van der Waals surface area contributed by atoms with Crippen molar-refractivity contribution in [2.24, 2.45) is 5.92 Å². The van der Waals surface area contributed by atoms with Crippen LogP contribution in [0.3, 0.4) is 0 Å². The van der Waals surface area contributed by atoms with Gasteiger partial charge in [-0.25, -0.2) is 5.10 Å². The first-order valence-corrected chi connectivity index (χ1v) is 7.23. The van der Waals surface area contributed by atoms with E-state index in [4.69, 9.17) is 12.2 Å². The lowest BCUT2D eigenvalue weighted by molar-refractivity contribution is 0.544. The van der Waals surface area contributed by atoms with Gasteiger partial charge in [0.25, 0.3) is 0 Å². The van der Waals surface area contributed by atoms with Crippen LogP contribution in [-0.2, 0) is 0 Å². The molecule has 1 aliphatic heterocycles. The molecule has 2 atom stereocenters. The second-order valence-corrected chi connectivity index (χ2v) is 5.87. The Labute approximate surface area is 117 Å². The number of aromatic nitrogens is 3. The molecule has 1 N–H and O–H groups in total. The summed E-state index contributed by atoms with van der Waals surface area (Å²) >= 11 is 5.39. The third kappa shape index (κ3) is 1.72. The molecule has 0 spiro atoms. The smallest absolute Gasteiger partial charge is 0.230 e. The summed E-state index contributed by atoms with van der Waals surface area (Å²) in [4.78, 5) is 2.42. The van der Waals surface area contributed by atoms with E-state index in [2.05, 4.69) is 31.8 Å². The summed E-state index contributed by atoms with van der Waals surface area (Å²) in [7, 11) is 0. The topological polar surface area (TPSA) is 36.9 Å². The fourth-order valence-electron chi connectivity index (χ4n) is 3.46.